The van der Waals surface area contributed by atoms with Crippen LogP contribution in [-0.4, -0.2) is 47.7 Å². The number of hydrogen-bond acceptors (Lipinski definition) is 5. The highest BCUT2D eigenvalue weighted by atomic mass is 16.5. The Bertz CT molecular complexity index is 572. The fourth-order valence-corrected chi connectivity index (χ4v) is 3.64. The largest absolute Gasteiger partial charge is 0.376 e. The summed E-state index contributed by atoms with van der Waals surface area (Å²) in [5.74, 6) is 1.40. The summed E-state index contributed by atoms with van der Waals surface area (Å²) in [4.78, 5) is 23.7. The number of piperidine rings is 1. The number of rotatable bonds is 5. The van der Waals surface area contributed by atoms with Gasteiger partial charge in [-0.2, -0.15) is 0 Å². The van der Waals surface area contributed by atoms with Gasteiger partial charge in [0.2, 0.25) is 0 Å². The number of aromatic nitrogens is 2. The first-order chi connectivity index (χ1) is 11.7. The van der Waals surface area contributed by atoms with Crippen LogP contribution in [0, 0.1) is 6.92 Å². The summed E-state index contributed by atoms with van der Waals surface area (Å²) in [6.45, 7) is 6.42. The predicted octanol–water partition coefficient (Wildman–Crippen LogP) is 2.46. The smallest absolute Gasteiger partial charge is 0.270 e. The molecule has 1 amide bonds. The molecule has 3 heterocycles. The molecule has 2 aliphatic heterocycles. The second-order valence-electron chi connectivity index (χ2n) is 6.75. The van der Waals surface area contributed by atoms with Crippen LogP contribution in [-0.2, 0) is 4.74 Å². The monoisotopic (exact) mass is 332 g/mol. The molecule has 2 saturated heterocycles. The first-order valence-corrected chi connectivity index (χ1v) is 9.19. The Kier molecular flexibility index (Phi) is 5.66. The molecule has 6 heteroatoms. The van der Waals surface area contributed by atoms with E-state index >= 15 is 0 Å². The summed E-state index contributed by atoms with van der Waals surface area (Å²) in [7, 11) is 0. The van der Waals surface area contributed by atoms with Gasteiger partial charge < -0.3 is 15.0 Å². The van der Waals surface area contributed by atoms with E-state index in [1.807, 2.05) is 13.0 Å². The van der Waals surface area contributed by atoms with E-state index in [-0.39, 0.29) is 12.0 Å². The molecule has 2 aliphatic rings. The molecule has 1 N–H and O–H groups in total. The molecule has 132 valence electrons. The molecule has 0 bridgehead atoms. The lowest BCUT2D eigenvalue weighted by Gasteiger charge is -2.36. The maximum absolute atomic E-state index is 12.5. The van der Waals surface area contributed by atoms with Crippen molar-refractivity contribution in [2.24, 2.45) is 0 Å². The zero-order valence-corrected chi connectivity index (χ0v) is 14.8. The van der Waals surface area contributed by atoms with Gasteiger partial charge in [0.15, 0.2) is 0 Å². The molecule has 3 rings (SSSR count). The number of amides is 1. The molecule has 0 aromatic carbocycles. The fourth-order valence-electron chi connectivity index (χ4n) is 3.64. The van der Waals surface area contributed by atoms with Crippen molar-refractivity contribution in [3.05, 3.63) is 17.6 Å². The van der Waals surface area contributed by atoms with E-state index in [1.54, 1.807) is 0 Å². The van der Waals surface area contributed by atoms with Gasteiger partial charge in [-0.15, -0.1) is 0 Å². The number of nitrogens with one attached hydrogen (secondary N) is 1. The molecular weight excluding hydrogens is 304 g/mol. The Morgan fingerprint density at radius 2 is 2.21 bits per heavy atom. The summed E-state index contributed by atoms with van der Waals surface area (Å²) < 4.78 is 5.55. The molecule has 0 aliphatic carbocycles. The van der Waals surface area contributed by atoms with E-state index in [2.05, 4.69) is 27.1 Å². The van der Waals surface area contributed by atoms with Crippen molar-refractivity contribution in [1.29, 1.82) is 0 Å². The minimum Gasteiger partial charge on any atom is -0.376 e. The highest BCUT2D eigenvalue weighted by molar-refractivity contribution is 5.93. The molecule has 2 fully saturated rings. The van der Waals surface area contributed by atoms with Crippen LogP contribution in [0.3, 0.4) is 0 Å². The zero-order valence-electron chi connectivity index (χ0n) is 14.8. The average Bonchev–Trinajstić information content (AvgIpc) is 3.12. The maximum Gasteiger partial charge on any atom is 0.270 e. The molecule has 2 unspecified atom stereocenters. The maximum atomic E-state index is 12.5. The highest BCUT2D eigenvalue weighted by Crippen LogP contribution is 2.25. The third-order valence-corrected chi connectivity index (χ3v) is 4.96. The summed E-state index contributed by atoms with van der Waals surface area (Å²) in [6.07, 6.45) is 6.98. The zero-order chi connectivity index (χ0) is 16.9. The van der Waals surface area contributed by atoms with Gasteiger partial charge in [-0.1, -0.05) is 6.92 Å². The van der Waals surface area contributed by atoms with Crippen molar-refractivity contribution in [2.45, 2.75) is 64.5 Å². The minimum absolute atomic E-state index is 0.137. The molecule has 0 spiro atoms. The van der Waals surface area contributed by atoms with Crippen LogP contribution in [0.4, 0.5) is 5.82 Å². The summed E-state index contributed by atoms with van der Waals surface area (Å²) in [5, 5.41) is 2.95. The summed E-state index contributed by atoms with van der Waals surface area (Å²) in [5.41, 5.74) is 0.455. The molecule has 1 aromatic rings. The van der Waals surface area contributed by atoms with Crippen molar-refractivity contribution >= 4 is 11.7 Å². The Morgan fingerprint density at radius 1 is 1.33 bits per heavy atom. The fraction of sp³-hybridized carbons (Fsp3) is 0.722. The minimum atomic E-state index is -0.137. The molecule has 1 aromatic heterocycles. The van der Waals surface area contributed by atoms with Crippen LogP contribution in [0.1, 0.15) is 61.8 Å². The number of anilines is 1. The first-order valence-electron chi connectivity index (χ1n) is 9.19. The molecular formula is C18H28N4O2. The first kappa shape index (κ1) is 17.1. The molecule has 24 heavy (non-hydrogen) atoms. The van der Waals surface area contributed by atoms with Crippen LogP contribution in [0.15, 0.2) is 6.07 Å². The quantitative estimate of drug-likeness (QED) is 0.897. The van der Waals surface area contributed by atoms with Crippen LogP contribution < -0.4 is 10.2 Å². The van der Waals surface area contributed by atoms with Gasteiger partial charge in [-0.05, 0) is 45.4 Å². The van der Waals surface area contributed by atoms with Crippen molar-refractivity contribution in [3.8, 4) is 0 Å². The number of aryl methyl sites for hydroxylation is 1. The van der Waals surface area contributed by atoms with Crippen molar-refractivity contribution in [3.63, 3.8) is 0 Å². The standard InChI is InChI=1S/C18H28N4O2/c1-3-14-7-4-5-9-22(14)17-11-16(20-13(2)21-17)18(23)19-12-15-8-6-10-24-15/h11,14-15H,3-10,12H2,1-2H3,(H,19,23). The lowest BCUT2D eigenvalue weighted by atomic mass is 10.00. The predicted molar refractivity (Wildman–Crippen MR) is 93.4 cm³/mol. The van der Waals surface area contributed by atoms with Gasteiger partial charge in [0, 0.05) is 31.8 Å². The van der Waals surface area contributed by atoms with Gasteiger partial charge in [0.25, 0.3) is 5.91 Å². The van der Waals surface area contributed by atoms with Gasteiger partial charge in [-0.3, -0.25) is 4.79 Å². The van der Waals surface area contributed by atoms with Crippen molar-refractivity contribution < 1.29 is 9.53 Å². The topological polar surface area (TPSA) is 67.4 Å². The van der Waals surface area contributed by atoms with Crippen LogP contribution >= 0.6 is 0 Å². The van der Waals surface area contributed by atoms with Gasteiger partial charge in [0.05, 0.1) is 6.10 Å². The summed E-state index contributed by atoms with van der Waals surface area (Å²) in [6, 6.07) is 2.35. The lowest BCUT2D eigenvalue weighted by molar-refractivity contribution is 0.0853. The van der Waals surface area contributed by atoms with E-state index in [0.717, 1.165) is 38.2 Å². The second kappa shape index (κ2) is 7.92. The number of carbonyl (C=O) groups excluding carboxylic acids is 1. The second-order valence-corrected chi connectivity index (χ2v) is 6.75. The van der Waals surface area contributed by atoms with Gasteiger partial charge in [0.1, 0.15) is 17.3 Å². The number of nitrogens with zero attached hydrogens (tertiary/aromatic N) is 3. The van der Waals surface area contributed by atoms with Crippen LogP contribution in [0.5, 0.6) is 0 Å². The third-order valence-electron chi connectivity index (χ3n) is 4.96. The highest BCUT2D eigenvalue weighted by Gasteiger charge is 2.24. The van der Waals surface area contributed by atoms with E-state index < -0.39 is 0 Å². The van der Waals surface area contributed by atoms with Gasteiger partial charge >= 0.3 is 0 Å². The normalized spacial score (nSPS) is 24.2. The van der Waals surface area contributed by atoms with Crippen molar-refractivity contribution in [1.82, 2.24) is 15.3 Å². The van der Waals surface area contributed by atoms with Gasteiger partial charge in [-0.25, -0.2) is 9.97 Å². The third kappa shape index (κ3) is 4.04. The Morgan fingerprint density at radius 3 is 2.96 bits per heavy atom. The SMILES string of the molecule is CCC1CCCCN1c1cc(C(=O)NCC2CCCO2)nc(C)n1. The Balaban J connectivity index is 1.71. The molecule has 0 saturated carbocycles. The van der Waals surface area contributed by atoms with E-state index in [0.29, 0.717) is 24.1 Å². The summed E-state index contributed by atoms with van der Waals surface area (Å²) >= 11 is 0. The Labute approximate surface area is 144 Å². The van der Waals surface area contributed by atoms with E-state index in [9.17, 15) is 4.79 Å². The molecule has 6 nitrogen and oxygen atoms in total. The van der Waals surface area contributed by atoms with E-state index in [1.165, 1.54) is 19.3 Å². The van der Waals surface area contributed by atoms with Crippen LogP contribution in [0.25, 0.3) is 0 Å². The molecule has 0 radical (unpaired) electrons. The number of carbonyl (C=O) groups is 1. The number of ether oxygens (including phenoxy) is 1. The molecule has 2 atom stereocenters. The van der Waals surface area contributed by atoms with E-state index in [4.69, 9.17) is 4.74 Å². The number of hydrogen-bond donors (Lipinski definition) is 1. The lowest BCUT2D eigenvalue weighted by Crippen LogP contribution is -2.40. The average molecular weight is 332 g/mol. The van der Waals surface area contributed by atoms with Crippen molar-refractivity contribution in [2.75, 3.05) is 24.6 Å². The van der Waals surface area contributed by atoms with Crippen LogP contribution in [0.2, 0.25) is 0 Å². The Hall–Kier alpha value is -1.69.